The molecular formula is C32H17CrFN8. The maximum absolute atomic E-state index is 15.3. The van der Waals surface area contributed by atoms with Crippen LogP contribution in [0.25, 0.3) is 89.7 Å². The number of hydrogen-bond acceptors (Lipinski definition) is 6. The second-order valence-electron chi connectivity index (χ2n) is 9.91. The fourth-order valence-electron chi connectivity index (χ4n) is 5.65. The normalized spacial score (nSPS) is 11.7. The average Bonchev–Trinajstić information content (AvgIpc) is 3.73. The molecule has 0 unspecified atom stereocenters. The maximum Gasteiger partial charge on any atom is 0.164 e. The number of hydrogen-bond donors (Lipinski definition) is 2. The Hall–Kier alpha value is -5.30. The quantitative estimate of drug-likeness (QED) is 0.199. The van der Waals surface area contributed by atoms with Gasteiger partial charge in [0, 0.05) is 55.8 Å². The van der Waals surface area contributed by atoms with Gasteiger partial charge in [0.25, 0.3) is 0 Å². The molecule has 4 aromatic carbocycles. The van der Waals surface area contributed by atoms with Gasteiger partial charge in [-0.3, -0.25) is 0 Å². The number of nitrogens with one attached hydrogen (secondary N) is 2. The Bertz CT molecular complexity index is 2410. The van der Waals surface area contributed by atoms with Crippen LogP contribution in [0.4, 0.5) is 4.39 Å². The van der Waals surface area contributed by atoms with E-state index < -0.39 is 5.82 Å². The van der Waals surface area contributed by atoms with Crippen LogP contribution in [0.15, 0.2) is 91.0 Å². The fraction of sp³-hybridized carbons (Fsp3) is 0. The fourth-order valence-corrected chi connectivity index (χ4v) is 5.65. The van der Waals surface area contributed by atoms with Crippen molar-refractivity contribution in [3.05, 3.63) is 96.8 Å². The third-order valence-corrected chi connectivity index (χ3v) is 7.53. The zero-order valence-electron chi connectivity index (χ0n) is 21.6. The van der Waals surface area contributed by atoms with E-state index in [9.17, 15) is 0 Å². The molecule has 9 rings (SSSR count). The summed E-state index contributed by atoms with van der Waals surface area (Å²) in [5.41, 5.74) is 5.37. The van der Waals surface area contributed by atoms with Crippen LogP contribution in [0.3, 0.4) is 0 Å². The van der Waals surface area contributed by atoms with Crippen molar-refractivity contribution in [2.24, 2.45) is 0 Å². The molecule has 5 heterocycles. The second-order valence-corrected chi connectivity index (χ2v) is 9.91. The molecule has 7 aromatic rings. The molecule has 0 saturated heterocycles. The molecule has 0 radical (unpaired) electrons. The number of H-pyrrole nitrogens is 2. The van der Waals surface area contributed by atoms with Crippen molar-refractivity contribution < 1.29 is 21.8 Å². The van der Waals surface area contributed by atoms with E-state index in [1.54, 1.807) is 6.07 Å². The summed E-state index contributed by atoms with van der Waals surface area (Å²) in [5, 5.41) is 2.75. The van der Waals surface area contributed by atoms with E-state index in [1.165, 1.54) is 6.07 Å². The molecule has 2 aliphatic heterocycles. The zero-order chi connectivity index (χ0) is 27.1. The maximum atomic E-state index is 15.3. The molecule has 0 saturated carbocycles. The Morgan fingerprint density at radius 3 is 1.29 bits per heavy atom. The molecule has 0 aliphatic carbocycles. The van der Waals surface area contributed by atoms with Gasteiger partial charge in [-0.2, -0.15) is 0 Å². The smallest absolute Gasteiger partial charge is 0.164 e. The van der Waals surface area contributed by atoms with Crippen molar-refractivity contribution >= 4 is 44.1 Å². The molecule has 0 fully saturated rings. The van der Waals surface area contributed by atoms with Crippen molar-refractivity contribution in [3.8, 4) is 45.6 Å². The minimum atomic E-state index is -0.404. The third kappa shape index (κ3) is 3.53. The van der Waals surface area contributed by atoms with E-state index in [0.29, 0.717) is 56.7 Å². The molecule has 42 heavy (non-hydrogen) atoms. The molecule has 198 valence electrons. The number of fused-ring (bicyclic) bond motifs is 20. The van der Waals surface area contributed by atoms with E-state index in [0.717, 1.165) is 33.0 Å². The van der Waals surface area contributed by atoms with E-state index in [1.807, 2.05) is 78.9 Å². The largest absolute Gasteiger partial charge is 0.324 e. The van der Waals surface area contributed by atoms with Gasteiger partial charge in [-0.15, -0.1) is 0 Å². The predicted molar refractivity (Wildman–Crippen MR) is 156 cm³/mol. The van der Waals surface area contributed by atoms with Gasteiger partial charge in [0.15, 0.2) is 23.3 Å². The standard InChI is InChI=1S/C32H17FN8.Cr/c33-23-15-7-14-22-24(23)32-40-30-21-13-6-5-12-20(21)28(38-30)36-26-17-9-2-1-8-16(17)25(34-26)35-27-18-10-3-4-11-19(18)29(37-27)39-31(22)41-32;/h1-15H,(H2,34,35,36,37,38,39,40,41);. The van der Waals surface area contributed by atoms with Crippen molar-refractivity contribution in [3.63, 3.8) is 0 Å². The second kappa shape index (κ2) is 9.11. The first-order valence-corrected chi connectivity index (χ1v) is 13.1. The summed E-state index contributed by atoms with van der Waals surface area (Å²) in [6, 6.07) is 28.4. The summed E-state index contributed by atoms with van der Waals surface area (Å²) in [7, 11) is 0. The Balaban J connectivity index is 0.00000267. The molecule has 0 spiro atoms. The number of rotatable bonds is 0. The zero-order valence-corrected chi connectivity index (χ0v) is 22.9. The van der Waals surface area contributed by atoms with Crippen molar-refractivity contribution in [2.45, 2.75) is 0 Å². The van der Waals surface area contributed by atoms with Crippen molar-refractivity contribution in [1.82, 2.24) is 39.9 Å². The average molecular weight is 585 g/mol. The van der Waals surface area contributed by atoms with E-state index in [4.69, 9.17) is 29.9 Å². The molecule has 2 aliphatic rings. The molecule has 10 heteroatoms. The topological polar surface area (TPSA) is 109 Å². The molecule has 0 amide bonds. The summed E-state index contributed by atoms with van der Waals surface area (Å²) in [5.74, 6) is 1.54. The first kappa shape index (κ1) is 24.5. The van der Waals surface area contributed by atoms with Gasteiger partial charge in [-0.25, -0.2) is 34.3 Å². The molecule has 8 bridgehead atoms. The van der Waals surface area contributed by atoms with Crippen LogP contribution < -0.4 is 0 Å². The SMILES string of the molecule is Fc1cccc2c3nc4nc(nc5[nH]c(nc6nc(nc([nH]3)c12)-c1ccccc1-6)c1ccccc51)-c1ccccc1-4.[Cr]. The van der Waals surface area contributed by atoms with Crippen LogP contribution >= 0.6 is 0 Å². The Morgan fingerprint density at radius 1 is 0.405 bits per heavy atom. The Morgan fingerprint density at radius 2 is 0.786 bits per heavy atom. The number of aromatic nitrogens is 8. The molecular weight excluding hydrogens is 567 g/mol. The van der Waals surface area contributed by atoms with Gasteiger partial charge in [0.2, 0.25) is 0 Å². The van der Waals surface area contributed by atoms with Crippen LogP contribution in [-0.4, -0.2) is 39.9 Å². The number of halogens is 1. The number of aromatic amines is 2. The summed E-state index contributed by atoms with van der Waals surface area (Å²) in [4.78, 5) is 36.0. The predicted octanol–water partition coefficient (Wildman–Crippen LogP) is 7.01. The molecule has 3 aromatic heterocycles. The first-order valence-electron chi connectivity index (χ1n) is 13.1. The van der Waals surface area contributed by atoms with Crippen LogP contribution in [0.5, 0.6) is 0 Å². The summed E-state index contributed by atoms with van der Waals surface area (Å²) < 4.78 is 15.3. The monoisotopic (exact) mass is 584 g/mol. The van der Waals surface area contributed by atoms with Crippen LogP contribution in [0, 0.1) is 5.82 Å². The van der Waals surface area contributed by atoms with Crippen LogP contribution in [0.2, 0.25) is 0 Å². The van der Waals surface area contributed by atoms with Crippen molar-refractivity contribution in [2.75, 3.05) is 0 Å². The van der Waals surface area contributed by atoms with E-state index in [-0.39, 0.29) is 17.4 Å². The summed E-state index contributed by atoms with van der Waals surface area (Å²) in [6.45, 7) is 0. The van der Waals surface area contributed by atoms with Gasteiger partial charge in [-0.1, -0.05) is 84.9 Å². The Labute approximate surface area is 247 Å². The molecule has 2 N–H and O–H groups in total. The minimum Gasteiger partial charge on any atom is -0.324 e. The summed E-state index contributed by atoms with van der Waals surface area (Å²) in [6.07, 6.45) is 0. The summed E-state index contributed by atoms with van der Waals surface area (Å²) >= 11 is 0. The minimum absolute atomic E-state index is 0. The van der Waals surface area contributed by atoms with Gasteiger partial charge in [-0.05, 0) is 6.07 Å². The van der Waals surface area contributed by atoms with Gasteiger partial charge >= 0.3 is 0 Å². The number of nitrogens with zero attached hydrogens (tertiary/aromatic N) is 6. The van der Waals surface area contributed by atoms with E-state index in [2.05, 4.69) is 9.97 Å². The van der Waals surface area contributed by atoms with Gasteiger partial charge in [0.05, 0.1) is 5.39 Å². The van der Waals surface area contributed by atoms with Crippen LogP contribution in [0.1, 0.15) is 0 Å². The Kier molecular flexibility index (Phi) is 5.31. The van der Waals surface area contributed by atoms with E-state index >= 15 is 4.39 Å². The molecule has 8 nitrogen and oxygen atoms in total. The molecule has 0 atom stereocenters. The van der Waals surface area contributed by atoms with Gasteiger partial charge in [0.1, 0.15) is 28.4 Å². The van der Waals surface area contributed by atoms with Crippen molar-refractivity contribution in [1.29, 1.82) is 0 Å². The number of benzene rings is 4. The first-order chi connectivity index (χ1) is 20.2. The van der Waals surface area contributed by atoms with Gasteiger partial charge < -0.3 is 9.97 Å². The third-order valence-electron chi connectivity index (χ3n) is 7.53. The van der Waals surface area contributed by atoms with Crippen LogP contribution in [-0.2, 0) is 17.4 Å².